The summed E-state index contributed by atoms with van der Waals surface area (Å²) in [5.41, 5.74) is 0.640. The monoisotopic (exact) mass is 399 g/mol. The summed E-state index contributed by atoms with van der Waals surface area (Å²) < 4.78 is 10.4. The van der Waals surface area contributed by atoms with E-state index in [-0.39, 0.29) is 28.7 Å². The Morgan fingerprint density at radius 3 is 2.68 bits per heavy atom. The van der Waals surface area contributed by atoms with Crippen molar-refractivity contribution in [1.82, 2.24) is 10.1 Å². The molecule has 0 aliphatic rings. The zero-order valence-corrected chi connectivity index (χ0v) is 15.4. The first kappa shape index (κ1) is 19.2. The molecule has 28 heavy (non-hydrogen) atoms. The number of aryl methyl sites for hydroxylation is 1. The number of allylic oxidation sites excluding steroid dienone is 1. The first-order valence-corrected chi connectivity index (χ1v) is 8.48. The third-order valence-electron chi connectivity index (χ3n) is 3.67. The topological polar surface area (TPSA) is 108 Å². The summed E-state index contributed by atoms with van der Waals surface area (Å²) >= 11 is 5.75. The van der Waals surface area contributed by atoms with E-state index in [0.29, 0.717) is 17.5 Å². The van der Waals surface area contributed by atoms with E-state index in [1.807, 2.05) is 0 Å². The molecule has 0 saturated heterocycles. The van der Waals surface area contributed by atoms with Crippen LogP contribution in [0, 0.1) is 17.0 Å². The van der Waals surface area contributed by atoms with Crippen LogP contribution in [0.1, 0.15) is 27.6 Å². The van der Waals surface area contributed by atoms with E-state index in [1.54, 1.807) is 37.3 Å². The first-order valence-electron chi connectivity index (χ1n) is 8.11. The van der Waals surface area contributed by atoms with Crippen LogP contribution in [-0.4, -0.2) is 20.8 Å². The number of ketones is 1. The molecule has 2 aromatic carbocycles. The van der Waals surface area contributed by atoms with Crippen LogP contribution in [-0.2, 0) is 6.61 Å². The highest BCUT2D eigenvalue weighted by Gasteiger charge is 2.15. The van der Waals surface area contributed by atoms with Gasteiger partial charge in [-0.1, -0.05) is 35.0 Å². The summed E-state index contributed by atoms with van der Waals surface area (Å²) in [5, 5.41) is 14.6. The van der Waals surface area contributed by atoms with E-state index in [9.17, 15) is 14.9 Å². The summed E-state index contributed by atoms with van der Waals surface area (Å²) in [7, 11) is 0. The maximum Gasteiger partial charge on any atom is 0.288 e. The first-order chi connectivity index (χ1) is 13.4. The van der Waals surface area contributed by atoms with Gasteiger partial charge in [0.2, 0.25) is 11.7 Å². The molecule has 8 nitrogen and oxygen atoms in total. The van der Waals surface area contributed by atoms with Gasteiger partial charge in [-0.25, -0.2) is 0 Å². The van der Waals surface area contributed by atoms with Gasteiger partial charge in [0.15, 0.2) is 12.4 Å². The number of nitro groups is 1. The molecule has 0 N–H and O–H groups in total. The number of rotatable bonds is 7. The van der Waals surface area contributed by atoms with Gasteiger partial charge >= 0.3 is 0 Å². The zero-order valence-electron chi connectivity index (χ0n) is 14.7. The van der Waals surface area contributed by atoms with Gasteiger partial charge in [-0.15, -0.1) is 0 Å². The number of nitro benzene ring substituents is 1. The fourth-order valence-electron chi connectivity index (χ4n) is 2.30. The van der Waals surface area contributed by atoms with Crippen LogP contribution in [0.25, 0.3) is 6.08 Å². The van der Waals surface area contributed by atoms with Gasteiger partial charge in [-0.3, -0.25) is 14.9 Å². The molecule has 1 aromatic heterocycles. The molecular formula is C19H14ClN3O5. The lowest BCUT2D eigenvalue weighted by atomic mass is 10.1. The van der Waals surface area contributed by atoms with Crippen molar-refractivity contribution in [2.45, 2.75) is 13.5 Å². The number of nitrogens with zero attached hydrogens (tertiary/aromatic N) is 3. The van der Waals surface area contributed by atoms with E-state index in [4.69, 9.17) is 20.9 Å². The highest BCUT2D eigenvalue weighted by molar-refractivity contribution is 6.32. The van der Waals surface area contributed by atoms with Gasteiger partial charge in [-0.05, 0) is 35.9 Å². The Bertz CT molecular complexity index is 1040. The Kier molecular flexibility index (Phi) is 5.81. The molecule has 0 aliphatic heterocycles. The molecular weight excluding hydrogens is 386 g/mol. The molecule has 0 amide bonds. The van der Waals surface area contributed by atoms with E-state index in [2.05, 4.69) is 10.1 Å². The lowest BCUT2D eigenvalue weighted by Crippen LogP contribution is -1.98. The molecule has 0 fully saturated rings. The van der Waals surface area contributed by atoms with Crippen LogP contribution < -0.4 is 4.74 Å². The third kappa shape index (κ3) is 4.80. The molecule has 0 aliphatic carbocycles. The Hall–Kier alpha value is -3.52. The van der Waals surface area contributed by atoms with Crippen LogP contribution in [0.15, 0.2) is 53.1 Å². The highest BCUT2D eigenvalue weighted by atomic mass is 35.5. The van der Waals surface area contributed by atoms with Gasteiger partial charge in [0, 0.05) is 18.6 Å². The number of halogens is 1. The van der Waals surface area contributed by atoms with Gasteiger partial charge in [0.1, 0.15) is 10.8 Å². The summed E-state index contributed by atoms with van der Waals surface area (Å²) in [6.45, 7) is 1.88. The molecule has 3 rings (SSSR count). The van der Waals surface area contributed by atoms with Crippen molar-refractivity contribution in [2.24, 2.45) is 0 Å². The fraction of sp³-hybridized carbons (Fsp3) is 0.105. The van der Waals surface area contributed by atoms with E-state index >= 15 is 0 Å². The number of aromatic nitrogens is 2. The Labute approximate surface area is 164 Å². The smallest absolute Gasteiger partial charge is 0.288 e. The molecule has 0 bridgehead atoms. The highest BCUT2D eigenvalue weighted by Crippen LogP contribution is 2.25. The Balaban J connectivity index is 1.63. The van der Waals surface area contributed by atoms with E-state index in [0.717, 1.165) is 11.6 Å². The maximum absolute atomic E-state index is 12.2. The van der Waals surface area contributed by atoms with Crippen molar-refractivity contribution in [3.63, 3.8) is 0 Å². The molecule has 0 saturated carbocycles. The van der Waals surface area contributed by atoms with Crippen LogP contribution >= 0.6 is 11.6 Å². The SMILES string of the molecule is Cc1nc(COc2ccc(C=CC(=O)c3ccc(Cl)c([N+](=O)[O-])c3)cc2)no1. The van der Waals surface area contributed by atoms with Crippen molar-refractivity contribution in [2.75, 3.05) is 0 Å². The molecule has 0 unspecified atom stereocenters. The molecule has 142 valence electrons. The minimum Gasteiger partial charge on any atom is -0.485 e. The normalized spacial score (nSPS) is 10.9. The average molecular weight is 400 g/mol. The summed E-state index contributed by atoms with van der Waals surface area (Å²) in [4.78, 5) is 26.6. The minimum absolute atomic E-state index is 0.0166. The summed E-state index contributed by atoms with van der Waals surface area (Å²) in [5.74, 6) is 1.16. The lowest BCUT2D eigenvalue weighted by molar-refractivity contribution is -0.384. The largest absolute Gasteiger partial charge is 0.485 e. The minimum atomic E-state index is -0.628. The average Bonchev–Trinajstić information content (AvgIpc) is 3.10. The predicted octanol–water partition coefficient (Wildman–Crippen LogP) is 4.41. The summed E-state index contributed by atoms with van der Waals surface area (Å²) in [6, 6.07) is 11.0. The van der Waals surface area contributed by atoms with Gasteiger partial charge in [0.05, 0.1) is 4.92 Å². The zero-order chi connectivity index (χ0) is 20.1. The second kappa shape index (κ2) is 8.45. The maximum atomic E-state index is 12.2. The standard InChI is InChI=1S/C19H14ClN3O5/c1-12-21-19(22-28-12)11-27-15-6-2-13(3-7-15)4-9-18(24)14-5-8-16(20)17(10-14)23(25)26/h2-10H,11H2,1H3. The van der Waals surface area contributed by atoms with Gasteiger partial charge in [0.25, 0.3) is 5.69 Å². The van der Waals surface area contributed by atoms with Crippen LogP contribution in [0.3, 0.4) is 0 Å². The molecule has 1 heterocycles. The van der Waals surface area contributed by atoms with Crippen LogP contribution in [0.5, 0.6) is 5.75 Å². The molecule has 3 aromatic rings. The second-order valence-corrected chi connectivity index (χ2v) is 6.12. The number of benzene rings is 2. The summed E-state index contributed by atoms with van der Waals surface area (Å²) in [6.07, 6.45) is 2.94. The fourth-order valence-corrected chi connectivity index (χ4v) is 2.48. The van der Waals surface area contributed by atoms with E-state index in [1.165, 1.54) is 18.2 Å². The van der Waals surface area contributed by atoms with Gasteiger partial charge < -0.3 is 9.26 Å². The van der Waals surface area contributed by atoms with Crippen molar-refractivity contribution in [1.29, 1.82) is 0 Å². The lowest BCUT2D eigenvalue weighted by Gasteiger charge is -2.03. The van der Waals surface area contributed by atoms with Crippen molar-refractivity contribution >= 4 is 29.1 Å². The Morgan fingerprint density at radius 2 is 2.04 bits per heavy atom. The van der Waals surface area contributed by atoms with Crippen LogP contribution in [0.4, 0.5) is 5.69 Å². The quantitative estimate of drug-likeness (QED) is 0.250. The van der Waals surface area contributed by atoms with Crippen molar-refractivity contribution in [3.05, 3.63) is 86.5 Å². The number of carbonyl (C=O) groups excluding carboxylic acids is 1. The Morgan fingerprint density at radius 1 is 1.29 bits per heavy atom. The van der Waals surface area contributed by atoms with Crippen molar-refractivity contribution in [3.8, 4) is 5.75 Å². The molecule has 0 spiro atoms. The molecule has 0 atom stereocenters. The molecule has 9 heteroatoms. The van der Waals surface area contributed by atoms with Crippen molar-refractivity contribution < 1.29 is 19.0 Å². The van der Waals surface area contributed by atoms with Gasteiger partial charge in [-0.2, -0.15) is 4.98 Å². The number of hydrogen-bond donors (Lipinski definition) is 0. The number of hydrogen-bond acceptors (Lipinski definition) is 7. The van der Waals surface area contributed by atoms with Crippen LogP contribution in [0.2, 0.25) is 5.02 Å². The third-order valence-corrected chi connectivity index (χ3v) is 3.99. The predicted molar refractivity (Wildman–Crippen MR) is 101 cm³/mol. The molecule has 0 radical (unpaired) electrons. The second-order valence-electron chi connectivity index (χ2n) is 5.71. The number of carbonyl (C=O) groups is 1. The van der Waals surface area contributed by atoms with E-state index < -0.39 is 4.92 Å². The number of ether oxygens (including phenoxy) is 1.